The molecule has 0 spiro atoms. The Kier molecular flexibility index (Phi) is 4.63. The number of hydrogen-bond donors (Lipinski definition) is 1. The fraction of sp³-hybridized carbons (Fsp3) is 0.450. The van der Waals surface area contributed by atoms with E-state index in [9.17, 15) is 4.79 Å². The van der Waals surface area contributed by atoms with E-state index in [1.54, 1.807) is 12.4 Å². The first-order valence-electron chi connectivity index (χ1n) is 9.22. The van der Waals surface area contributed by atoms with Crippen molar-refractivity contribution in [1.82, 2.24) is 20.1 Å². The minimum atomic E-state index is 0.137. The molecule has 0 bridgehead atoms. The van der Waals surface area contributed by atoms with Gasteiger partial charge in [-0.3, -0.25) is 14.5 Å². The second kappa shape index (κ2) is 7.21. The minimum absolute atomic E-state index is 0.137. The van der Waals surface area contributed by atoms with Crippen LogP contribution in [0.4, 0.5) is 0 Å². The first-order valence-corrected chi connectivity index (χ1v) is 9.22. The summed E-state index contributed by atoms with van der Waals surface area (Å²) in [4.78, 5) is 16.3. The van der Waals surface area contributed by atoms with Crippen LogP contribution in [-0.4, -0.2) is 27.2 Å². The molecule has 1 saturated carbocycles. The number of pyridine rings is 1. The van der Waals surface area contributed by atoms with E-state index in [1.165, 1.54) is 18.5 Å². The molecule has 0 aliphatic heterocycles. The largest absolute Gasteiger partial charge is 0.354 e. The van der Waals surface area contributed by atoms with Gasteiger partial charge in [0.2, 0.25) is 5.91 Å². The van der Waals surface area contributed by atoms with Crippen LogP contribution in [0.1, 0.15) is 43.7 Å². The Morgan fingerprint density at radius 2 is 2.04 bits per heavy atom. The number of allylic oxidation sites excluding steroid dienone is 2. The van der Waals surface area contributed by atoms with E-state index in [0.717, 1.165) is 37.1 Å². The highest BCUT2D eigenvalue weighted by atomic mass is 16.1. The van der Waals surface area contributed by atoms with Crippen molar-refractivity contribution in [3.05, 3.63) is 48.4 Å². The smallest absolute Gasteiger partial charge is 0.223 e. The lowest BCUT2D eigenvalue weighted by Gasteiger charge is -2.17. The maximum atomic E-state index is 12.3. The lowest BCUT2D eigenvalue weighted by molar-refractivity contribution is -0.125. The van der Waals surface area contributed by atoms with Crippen molar-refractivity contribution in [2.24, 2.45) is 5.92 Å². The number of amides is 1. The maximum absolute atomic E-state index is 12.3. The number of nitrogens with zero attached hydrogens (tertiary/aromatic N) is 3. The summed E-state index contributed by atoms with van der Waals surface area (Å²) in [7, 11) is 0. The summed E-state index contributed by atoms with van der Waals surface area (Å²) >= 11 is 0. The molecule has 0 saturated heterocycles. The van der Waals surface area contributed by atoms with Crippen molar-refractivity contribution in [2.75, 3.05) is 6.54 Å². The third-order valence-corrected chi connectivity index (χ3v) is 5.05. The monoisotopic (exact) mass is 336 g/mol. The van der Waals surface area contributed by atoms with E-state index in [1.807, 2.05) is 12.1 Å². The Hall–Kier alpha value is -2.43. The van der Waals surface area contributed by atoms with E-state index in [0.29, 0.717) is 12.5 Å². The highest BCUT2D eigenvalue weighted by Gasteiger charge is 2.28. The van der Waals surface area contributed by atoms with Crippen LogP contribution in [-0.2, 0) is 11.3 Å². The summed E-state index contributed by atoms with van der Waals surface area (Å²) in [5.74, 6) is 0.944. The first kappa shape index (κ1) is 16.1. The number of nitrogens with one attached hydrogen (secondary N) is 1. The average Bonchev–Trinajstić information content (AvgIpc) is 3.43. The van der Waals surface area contributed by atoms with E-state index in [-0.39, 0.29) is 11.8 Å². The van der Waals surface area contributed by atoms with Gasteiger partial charge < -0.3 is 5.32 Å². The van der Waals surface area contributed by atoms with Crippen LogP contribution >= 0.6 is 0 Å². The zero-order chi connectivity index (χ0) is 17.1. The molecule has 25 heavy (non-hydrogen) atoms. The Morgan fingerprint density at radius 3 is 2.76 bits per heavy atom. The average molecular weight is 336 g/mol. The van der Waals surface area contributed by atoms with Gasteiger partial charge in [0.15, 0.2) is 0 Å². The molecule has 1 amide bonds. The molecule has 2 aliphatic rings. The summed E-state index contributed by atoms with van der Waals surface area (Å²) in [5.41, 5.74) is 3.38. The predicted octanol–water partition coefficient (Wildman–Crippen LogP) is 3.30. The van der Waals surface area contributed by atoms with Crippen LogP contribution < -0.4 is 5.32 Å². The predicted molar refractivity (Wildman–Crippen MR) is 96.9 cm³/mol. The molecule has 2 heterocycles. The zero-order valence-electron chi connectivity index (χ0n) is 14.4. The number of carbonyl (C=O) groups is 1. The van der Waals surface area contributed by atoms with Crippen LogP contribution in [0.5, 0.6) is 0 Å². The molecule has 5 heteroatoms. The van der Waals surface area contributed by atoms with E-state index >= 15 is 0 Å². The topological polar surface area (TPSA) is 59.8 Å². The highest BCUT2D eigenvalue weighted by molar-refractivity contribution is 5.78. The molecule has 5 nitrogen and oxygen atoms in total. The number of hydrogen-bond acceptors (Lipinski definition) is 3. The maximum Gasteiger partial charge on any atom is 0.223 e. The lowest BCUT2D eigenvalue weighted by Crippen LogP contribution is -2.33. The van der Waals surface area contributed by atoms with Gasteiger partial charge in [-0.25, -0.2) is 0 Å². The van der Waals surface area contributed by atoms with Crippen LogP contribution in [0.15, 0.2) is 42.7 Å². The van der Waals surface area contributed by atoms with Gasteiger partial charge in [0.1, 0.15) is 0 Å². The molecule has 2 aliphatic carbocycles. The molecular weight excluding hydrogens is 312 g/mol. The molecule has 4 rings (SSSR count). The van der Waals surface area contributed by atoms with Crippen molar-refractivity contribution >= 4 is 5.91 Å². The van der Waals surface area contributed by atoms with Gasteiger partial charge in [0.05, 0.1) is 12.2 Å². The summed E-state index contributed by atoms with van der Waals surface area (Å²) < 4.78 is 2.08. The van der Waals surface area contributed by atoms with Crippen LogP contribution in [0.25, 0.3) is 11.3 Å². The second-order valence-electron chi connectivity index (χ2n) is 6.96. The van der Waals surface area contributed by atoms with Gasteiger partial charge in [-0.2, -0.15) is 5.10 Å². The number of rotatable bonds is 6. The molecule has 0 aromatic carbocycles. The highest BCUT2D eigenvalue weighted by Crippen LogP contribution is 2.41. The standard InChI is InChI=1S/C20H24N4O/c25-20(17-4-2-1-3-5-17)22-12-13-24-19(16-6-7-16)14-18(23-24)15-8-10-21-11-9-15/h1-2,8-11,14,16-17H,3-7,12-13H2,(H,22,25)/t17-/m1/s1. The number of carbonyl (C=O) groups excluding carboxylic acids is 1. The van der Waals surface area contributed by atoms with Crippen LogP contribution in [0.3, 0.4) is 0 Å². The summed E-state index contributed by atoms with van der Waals surface area (Å²) in [6.07, 6.45) is 13.2. The van der Waals surface area contributed by atoms with Crippen LogP contribution in [0, 0.1) is 5.92 Å². The molecular formula is C20H24N4O. The van der Waals surface area contributed by atoms with Crippen molar-refractivity contribution in [3.63, 3.8) is 0 Å². The van der Waals surface area contributed by atoms with Gasteiger partial charge >= 0.3 is 0 Å². The fourth-order valence-electron chi connectivity index (χ4n) is 3.44. The molecule has 1 fully saturated rings. The van der Waals surface area contributed by atoms with Crippen molar-refractivity contribution in [3.8, 4) is 11.3 Å². The summed E-state index contributed by atoms with van der Waals surface area (Å²) in [6.45, 7) is 1.36. The van der Waals surface area contributed by atoms with Gasteiger partial charge in [-0.1, -0.05) is 12.2 Å². The minimum Gasteiger partial charge on any atom is -0.354 e. The fourth-order valence-corrected chi connectivity index (χ4v) is 3.44. The molecule has 0 unspecified atom stereocenters. The molecule has 0 radical (unpaired) electrons. The van der Waals surface area contributed by atoms with Gasteiger partial charge in [-0.05, 0) is 50.3 Å². The van der Waals surface area contributed by atoms with Gasteiger partial charge in [0.25, 0.3) is 0 Å². The Bertz CT molecular complexity index is 761. The molecule has 2 aromatic heterocycles. The third kappa shape index (κ3) is 3.81. The SMILES string of the molecule is O=C(NCCn1nc(-c2ccncc2)cc1C1CC1)[C@@H]1CC=CCC1. The van der Waals surface area contributed by atoms with Crippen molar-refractivity contribution in [2.45, 2.75) is 44.6 Å². The number of aromatic nitrogens is 3. The van der Waals surface area contributed by atoms with Gasteiger partial charge in [-0.15, -0.1) is 0 Å². The van der Waals surface area contributed by atoms with E-state index in [2.05, 4.69) is 33.2 Å². The lowest BCUT2D eigenvalue weighted by atomic mass is 9.94. The first-order chi connectivity index (χ1) is 12.3. The third-order valence-electron chi connectivity index (χ3n) is 5.05. The Balaban J connectivity index is 1.40. The zero-order valence-corrected chi connectivity index (χ0v) is 14.4. The molecule has 2 aromatic rings. The Morgan fingerprint density at radius 1 is 1.20 bits per heavy atom. The second-order valence-corrected chi connectivity index (χ2v) is 6.96. The van der Waals surface area contributed by atoms with Crippen molar-refractivity contribution < 1.29 is 4.79 Å². The molecule has 130 valence electrons. The molecule has 1 N–H and O–H groups in total. The summed E-state index contributed by atoms with van der Waals surface area (Å²) in [5, 5.41) is 7.87. The van der Waals surface area contributed by atoms with Crippen molar-refractivity contribution in [1.29, 1.82) is 0 Å². The van der Waals surface area contributed by atoms with Gasteiger partial charge in [0, 0.05) is 42.0 Å². The van der Waals surface area contributed by atoms with E-state index < -0.39 is 0 Å². The quantitative estimate of drug-likeness (QED) is 0.824. The summed E-state index contributed by atoms with van der Waals surface area (Å²) in [6, 6.07) is 6.17. The Labute approximate surface area is 148 Å². The normalized spacial score (nSPS) is 19.8. The van der Waals surface area contributed by atoms with Crippen LogP contribution in [0.2, 0.25) is 0 Å². The van der Waals surface area contributed by atoms with E-state index in [4.69, 9.17) is 5.10 Å². The molecule has 1 atom stereocenters.